The number of aliphatic imine (C=N–C) groups is 1. The highest BCUT2D eigenvalue weighted by Crippen LogP contribution is 2.35. The number of hydrogen-bond acceptors (Lipinski definition) is 5. The molecule has 194 valence electrons. The van der Waals surface area contributed by atoms with E-state index in [1.54, 1.807) is 25.2 Å². The van der Waals surface area contributed by atoms with Crippen LogP contribution in [-0.4, -0.2) is 26.0 Å². The Balaban J connectivity index is 1.35. The summed E-state index contributed by atoms with van der Waals surface area (Å²) >= 11 is 1.19. The van der Waals surface area contributed by atoms with Gasteiger partial charge in [-0.05, 0) is 48.1 Å². The Bertz CT molecular complexity index is 1560. The first-order chi connectivity index (χ1) is 17.5. The van der Waals surface area contributed by atoms with Crippen molar-refractivity contribution in [3.8, 4) is 0 Å². The van der Waals surface area contributed by atoms with E-state index in [0.29, 0.717) is 40.7 Å². The lowest BCUT2D eigenvalue weighted by Gasteiger charge is -2.13. The van der Waals surface area contributed by atoms with Crippen molar-refractivity contribution in [1.29, 1.82) is 0 Å². The Morgan fingerprint density at radius 3 is 2.62 bits per heavy atom. The van der Waals surface area contributed by atoms with Gasteiger partial charge in [-0.3, -0.25) is 23.7 Å². The van der Waals surface area contributed by atoms with Crippen LogP contribution >= 0.6 is 11.8 Å². The number of amidine groups is 1. The third-order valence-corrected chi connectivity index (χ3v) is 7.50. The SMILES string of the molecule is Cn1c(=O)n(CC2CC2)c(=O)c2c(CC(=O)NC3=NC(c4ccc(C(F)(F)F)c(F)c4)CS3)cccc21. The van der Waals surface area contributed by atoms with Crippen LogP contribution in [0, 0.1) is 11.7 Å². The first kappa shape index (κ1) is 25.2. The number of rotatable bonds is 5. The van der Waals surface area contributed by atoms with Gasteiger partial charge in [-0.1, -0.05) is 30.0 Å². The van der Waals surface area contributed by atoms with E-state index in [-0.39, 0.29) is 17.2 Å². The number of aromatic nitrogens is 2. The van der Waals surface area contributed by atoms with Crippen LogP contribution in [0.25, 0.3) is 10.9 Å². The molecule has 1 N–H and O–H groups in total. The average Bonchev–Trinajstić information content (AvgIpc) is 3.54. The minimum Gasteiger partial charge on any atom is -0.305 e. The number of hydrogen-bond donors (Lipinski definition) is 1. The van der Waals surface area contributed by atoms with Gasteiger partial charge >= 0.3 is 11.9 Å². The fourth-order valence-electron chi connectivity index (χ4n) is 4.40. The maximum absolute atomic E-state index is 14.0. The van der Waals surface area contributed by atoms with Crippen LogP contribution in [0.1, 0.15) is 35.6 Å². The molecule has 1 aromatic heterocycles. The highest BCUT2D eigenvalue weighted by molar-refractivity contribution is 8.14. The van der Waals surface area contributed by atoms with Gasteiger partial charge in [-0.2, -0.15) is 13.2 Å². The Morgan fingerprint density at radius 2 is 1.95 bits per heavy atom. The van der Waals surface area contributed by atoms with E-state index < -0.39 is 40.8 Å². The van der Waals surface area contributed by atoms with Gasteiger partial charge in [-0.25, -0.2) is 9.18 Å². The maximum atomic E-state index is 14.0. The van der Waals surface area contributed by atoms with Crippen LogP contribution in [0.15, 0.2) is 51.0 Å². The number of carbonyl (C=O) groups excluding carboxylic acids is 1. The van der Waals surface area contributed by atoms with Gasteiger partial charge in [0.25, 0.3) is 5.56 Å². The number of halogens is 4. The number of thioether (sulfide) groups is 1. The summed E-state index contributed by atoms with van der Waals surface area (Å²) in [7, 11) is 1.59. The first-order valence-electron chi connectivity index (χ1n) is 11.6. The number of carbonyl (C=O) groups is 1. The standard InChI is InChI=1S/C25H22F4N4O3S/c1-32-19-4-2-3-15(21(19)22(35)33(24(32)36)11-13-5-6-13)10-20(34)31-23-30-18(12-37-23)14-7-8-16(17(26)9-14)25(27,28)29/h2-4,7-9,13,18H,5-6,10-12H2,1H3,(H,30,31,34). The Hall–Kier alpha value is -3.41. The zero-order chi connectivity index (χ0) is 26.5. The number of amides is 1. The molecule has 1 aliphatic heterocycles. The zero-order valence-corrected chi connectivity index (χ0v) is 20.5. The predicted octanol–water partition coefficient (Wildman–Crippen LogP) is 3.77. The first-order valence-corrected chi connectivity index (χ1v) is 12.6. The average molecular weight is 535 g/mol. The van der Waals surface area contributed by atoms with Crippen LogP contribution in [0.3, 0.4) is 0 Å². The van der Waals surface area contributed by atoms with Crippen molar-refractivity contribution in [3.05, 3.63) is 79.7 Å². The monoisotopic (exact) mass is 534 g/mol. The van der Waals surface area contributed by atoms with Crippen molar-refractivity contribution in [2.24, 2.45) is 18.0 Å². The van der Waals surface area contributed by atoms with Crippen LogP contribution in [-0.2, 0) is 31.0 Å². The van der Waals surface area contributed by atoms with Crippen molar-refractivity contribution in [2.45, 2.75) is 38.0 Å². The number of aryl methyl sites for hydroxylation is 1. The van der Waals surface area contributed by atoms with E-state index in [9.17, 15) is 31.9 Å². The fraction of sp³-hybridized carbons (Fsp3) is 0.360. The summed E-state index contributed by atoms with van der Waals surface area (Å²) in [6.07, 6.45) is -2.99. The van der Waals surface area contributed by atoms with E-state index >= 15 is 0 Å². The van der Waals surface area contributed by atoms with Gasteiger partial charge in [-0.15, -0.1) is 0 Å². The summed E-state index contributed by atoms with van der Waals surface area (Å²) in [6, 6.07) is 7.06. The van der Waals surface area contributed by atoms with E-state index in [4.69, 9.17) is 0 Å². The van der Waals surface area contributed by atoms with Crippen molar-refractivity contribution >= 4 is 33.7 Å². The van der Waals surface area contributed by atoms with Crippen molar-refractivity contribution < 1.29 is 22.4 Å². The lowest BCUT2D eigenvalue weighted by atomic mass is 10.1. The molecule has 12 heteroatoms. The molecule has 0 radical (unpaired) electrons. The molecular formula is C25H22F4N4O3S. The van der Waals surface area contributed by atoms with Gasteiger partial charge in [0.15, 0.2) is 5.17 Å². The molecule has 1 saturated carbocycles. The lowest BCUT2D eigenvalue weighted by Crippen LogP contribution is -2.40. The normalized spacial score (nSPS) is 17.8. The van der Waals surface area contributed by atoms with Crippen LogP contribution < -0.4 is 16.6 Å². The minimum absolute atomic E-state index is 0.145. The van der Waals surface area contributed by atoms with Gasteiger partial charge in [0, 0.05) is 19.3 Å². The topological polar surface area (TPSA) is 85.5 Å². The zero-order valence-electron chi connectivity index (χ0n) is 19.6. The molecule has 0 bridgehead atoms. The lowest BCUT2D eigenvalue weighted by molar-refractivity contribution is -0.140. The second kappa shape index (κ2) is 9.47. The van der Waals surface area contributed by atoms with Crippen molar-refractivity contribution in [3.63, 3.8) is 0 Å². The summed E-state index contributed by atoms with van der Waals surface area (Å²) in [5, 5.41) is 3.23. The third kappa shape index (κ3) is 5.07. The molecule has 1 aliphatic carbocycles. The highest BCUT2D eigenvalue weighted by Gasteiger charge is 2.34. The van der Waals surface area contributed by atoms with E-state index in [1.807, 2.05) is 0 Å². The second-order valence-electron chi connectivity index (χ2n) is 9.24. The van der Waals surface area contributed by atoms with Crippen LogP contribution in [0.4, 0.5) is 17.6 Å². The van der Waals surface area contributed by atoms with Crippen LogP contribution in [0.5, 0.6) is 0 Å². The number of fused-ring (bicyclic) bond motifs is 1. The summed E-state index contributed by atoms with van der Waals surface area (Å²) in [5.41, 5.74) is -0.995. The molecule has 0 saturated heterocycles. The van der Waals surface area contributed by atoms with Gasteiger partial charge < -0.3 is 5.32 Å². The molecule has 1 amide bonds. The molecule has 2 aliphatic rings. The molecule has 2 aromatic carbocycles. The summed E-state index contributed by atoms with van der Waals surface area (Å²) in [6.45, 7) is 0.349. The molecule has 37 heavy (non-hydrogen) atoms. The molecule has 5 rings (SSSR count). The van der Waals surface area contributed by atoms with Crippen molar-refractivity contribution in [2.75, 3.05) is 5.75 Å². The van der Waals surface area contributed by atoms with Gasteiger partial charge in [0.05, 0.1) is 28.9 Å². The molecule has 1 atom stereocenters. The fourth-order valence-corrected chi connectivity index (χ4v) is 5.37. The molecule has 3 aromatic rings. The quantitative estimate of drug-likeness (QED) is 0.505. The Morgan fingerprint density at radius 1 is 1.19 bits per heavy atom. The molecule has 1 unspecified atom stereocenters. The predicted molar refractivity (Wildman–Crippen MR) is 132 cm³/mol. The Kier molecular flexibility index (Phi) is 6.47. The van der Waals surface area contributed by atoms with Gasteiger partial charge in [0.1, 0.15) is 5.82 Å². The number of alkyl halides is 3. The number of benzene rings is 2. The highest BCUT2D eigenvalue weighted by atomic mass is 32.2. The van der Waals surface area contributed by atoms with E-state index in [1.165, 1.54) is 27.0 Å². The molecule has 7 nitrogen and oxygen atoms in total. The number of nitrogens with one attached hydrogen (secondary N) is 1. The molecule has 2 heterocycles. The minimum atomic E-state index is -4.79. The second-order valence-corrected chi connectivity index (χ2v) is 10.2. The molecular weight excluding hydrogens is 512 g/mol. The molecule has 0 spiro atoms. The van der Waals surface area contributed by atoms with Crippen molar-refractivity contribution in [1.82, 2.24) is 14.5 Å². The summed E-state index contributed by atoms with van der Waals surface area (Å²) < 4.78 is 55.1. The van der Waals surface area contributed by atoms with Gasteiger partial charge in [0.2, 0.25) is 5.91 Å². The van der Waals surface area contributed by atoms with Crippen LogP contribution in [0.2, 0.25) is 0 Å². The summed E-state index contributed by atoms with van der Waals surface area (Å²) in [4.78, 5) is 43.1. The van der Waals surface area contributed by atoms with E-state index in [2.05, 4.69) is 10.3 Å². The third-order valence-electron chi connectivity index (χ3n) is 6.54. The largest absolute Gasteiger partial charge is 0.419 e. The maximum Gasteiger partial charge on any atom is 0.419 e. The van der Waals surface area contributed by atoms with E-state index in [0.717, 1.165) is 18.9 Å². The smallest absolute Gasteiger partial charge is 0.305 e. The molecule has 1 fully saturated rings. The summed E-state index contributed by atoms with van der Waals surface area (Å²) in [5.74, 6) is -1.19. The Labute approximate surface area is 212 Å². The number of nitrogens with zero attached hydrogens (tertiary/aromatic N) is 3.